The van der Waals surface area contributed by atoms with Gasteiger partial charge in [-0.15, -0.1) is 0 Å². The van der Waals surface area contributed by atoms with Crippen LogP contribution in [0.2, 0.25) is 0 Å². The van der Waals surface area contributed by atoms with E-state index in [2.05, 4.69) is 23.5 Å². The van der Waals surface area contributed by atoms with Gasteiger partial charge < -0.3 is 10.1 Å². The summed E-state index contributed by atoms with van der Waals surface area (Å²) in [5, 5.41) is 7.58. The monoisotopic (exact) mass is 211 g/mol. The number of nitrogens with one attached hydrogen (secondary N) is 1. The average molecular weight is 211 g/mol. The number of aromatic nitrogens is 2. The van der Waals surface area contributed by atoms with Crippen LogP contribution in [0.3, 0.4) is 0 Å². The van der Waals surface area contributed by atoms with E-state index in [9.17, 15) is 0 Å². The highest BCUT2D eigenvalue weighted by Gasteiger charge is 2.09. The molecule has 15 heavy (non-hydrogen) atoms. The first-order valence-electron chi connectivity index (χ1n) is 5.43. The highest BCUT2D eigenvalue weighted by Crippen LogP contribution is 2.14. The van der Waals surface area contributed by atoms with E-state index < -0.39 is 0 Å². The van der Waals surface area contributed by atoms with Gasteiger partial charge in [0.1, 0.15) is 0 Å². The summed E-state index contributed by atoms with van der Waals surface area (Å²) in [6.07, 6.45) is 5.28. The lowest BCUT2D eigenvalue weighted by Crippen LogP contribution is -2.16. The molecular formula is C11H21N3O. The Morgan fingerprint density at radius 2 is 2.33 bits per heavy atom. The van der Waals surface area contributed by atoms with Gasteiger partial charge in [0.05, 0.1) is 18.8 Å². The summed E-state index contributed by atoms with van der Waals surface area (Å²) in [7, 11) is 3.70. The Hall–Kier alpha value is -0.870. The molecule has 0 saturated heterocycles. The molecule has 0 saturated carbocycles. The molecule has 0 aliphatic carbocycles. The van der Waals surface area contributed by atoms with E-state index in [1.54, 1.807) is 7.11 Å². The molecule has 4 heteroatoms. The number of nitrogens with zero attached hydrogens (tertiary/aromatic N) is 2. The Morgan fingerprint density at radius 3 is 2.87 bits per heavy atom. The third kappa shape index (κ3) is 3.32. The molecule has 0 aliphatic heterocycles. The average Bonchev–Trinajstić information content (AvgIpc) is 2.68. The third-order valence-corrected chi connectivity index (χ3v) is 2.66. The molecule has 1 aromatic heterocycles. The highest BCUT2D eigenvalue weighted by molar-refractivity contribution is 5.09. The van der Waals surface area contributed by atoms with Gasteiger partial charge in [0, 0.05) is 24.9 Å². The van der Waals surface area contributed by atoms with Crippen LogP contribution in [-0.4, -0.2) is 30.0 Å². The fourth-order valence-corrected chi connectivity index (χ4v) is 1.60. The van der Waals surface area contributed by atoms with Crippen molar-refractivity contribution < 1.29 is 4.74 Å². The van der Waals surface area contributed by atoms with Crippen molar-refractivity contribution >= 4 is 0 Å². The third-order valence-electron chi connectivity index (χ3n) is 2.66. The van der Waals surface area contributed by atoms with E-state index >= 15 is 0 Å². The lowest BCUT2D eigenvalue weighted by molar-refractivity contribution is 0.0998. The van der Waals surface area contributed by atoms with Crippen molar-refractivity contribution in [3.8, 4) is 0 Å². The van der Waals surface area contributed by atoms with Gasteiger partial charge in [-0.1, -0.05) is 6.92 Å². The topological polar surface area (TPSA) is 39.1 Å². The van der Waals surface area contributed by atoms with Gasteiger partial charge in [0.15, 0.2) is 0 Å². The second-order valence-corrected chi connectivity index (χ2v) is 3.79. The first-order chi connectivity index (χ1) is 7.21. The van der Waals surface area contributed by atoms with Crippen LogP contribution in [0.25, 0.3) is 0 Å². The smallest absolute Gasteiger partial charge is 0.0739 e. The van der Waals surface area contributed by atoms with Crippen LogP contribution >= 0.6 is 0 Å². The van der Waals surface area contributed by atoms with E-state index in [1.807, 2.05) is 24.9 Å². The molecule has 86 valence electrons. The van der Waals surface area contributed by atoms with Crippen LogP contribution in [0.15, 0.2) is 12.4 Å². The molecule has 0 fully saturated rings. The maximum absolute atomic E-state index is 5.20. The molecule has 4 nitrogen and oxygen atoms in total. The zero-order valence-electron chi connectivity index (χ0n) is 10.0. The van der Waals surface area contributed by atoms with Gasteiger partial charge in [-0.05, 0) is 20.4 Å². The number of rotatable bonds is 6. The molecule has 0 amide bonds. The Balaban J connectivity index is 2.63. The van der Waals surface area contributed by atoms with Gasteiger partial charge in [-0.3, -0.25) is 4.68 Å². The van der Waals surface area contributed by atoms with Crippen molar-refractivity contribution in [2.24, 2.45) is 0 Å². The van der Waals surface area contributed by atoms with Crippen molar-refractivity contribution in [2.75, 3.05) is 14.2 Å². The van der Waals surface area contributed by atoms with Gasteiger partial charge in [-0.2, -0.15) is 5.10 Å². The van der Waals surface area contributed by atoms with E-state index in [4.69, 9.17) is 4.74 Å². The largest absolute Gasteiger partial charge is 0.380 e. The summed E-state index contributed by atoms with van der Waals surface area (Å²) in [4.78, 5) is 0. The molecule has 1 rings (SSSR count). The summed E-state index contributed by atoms with van der Waals surface area (Å²) in [6.45, 7) is 5.00. The van der Waals surface area contributed by atoms with Crippen LogP contribution in [0, 0.1) is 0 Å². The molecule has 1 heterocycles. The maximum Gasteiger partial charge on any atom is 0.0739 e. The second-order valence-electron chi connectivity index (χ2n) is 3.79. The molecule has 1 aromatic rings. The minimum Gasteiger partial charge on any atom is -0.380 e. The quantitative estimate of drug-likeness (QED) is 0.776. The van der Waals surface area contributed by atoms with Crippen molar-refractivity contribution in [3.63, 3.8) is 0 Å². The van der Waals surface area contributed by atoms with Crippen molar-refractivity contribution in [1.29, 1.82) is 0 Å². The van der Waals surface area contributed by atoms with Gasteiger partial charge in [0.25, 0.3) is 0 Å². The van der Waals surface area contributed by atoms with Gasteiger partial charge >= 0.3 is 0 Å². The summed E-state index contributed by atoms with van der Waals surface area (Å²) in [6, 6.07) is 0.400. The predicted octanol–water partition coefficient (Wildman–Crippen LogP) is 1.59. The Bertz CT molecular complexity index is 281. The van der Waals surface area contributed by atoms with E-state index in [0.29, 0.717) is 6.04 Å². The molecule has 0 bridgehead atoms. The maximum atomic E-state index is 5.20. The van der Waals surface area contributed by atoms with E-state index in [-0.39, 0.29) is 6.10 Å². The summed E-state index contributed by atoms with van der Waals surface area (Å²) < 4.78 is 7.13. The molecular weight excluding hydrogens is 190 g/mol. The van der Waals surface area contributed by atoms with Crippen LogP contribution in [0.5, 0.6) is 0 Å². The van der Waals surface area contributed by atoms with Crippen LogP contribution < -0.4 is 5.32 Å². The molecule has 2 atom stereocenters. The summed E-state index contributed by atoms with van der Waals surface area (Å²) >= 11 is 0. The number of methoxy groups -OCH3 is 1. The Morgan fingerprint density at radius 1 is 1.60 bits per heavy atom. The number of hydrogen-bond acceptors (Lipinski definition) is 3. The van der Waals surface area contributed by atoms with Crippen molar-refractivity contribution in [2.45, 2.75) is 39.0 Å². The molecule has 0 spiro atoms. The summed E-state index contributed by atoms with van der Waals surface area (Å²) in [5.41, 5.74) is 1.24. The minimum atomic E-state index is 0.201. The minimum absolute atomic E-state index is 0.201. The normalized spacial score (nSPS) is 15.2. The van der Waals surface area contributed by atoms with Crippen LogP contribution in [0.4, 0.5) is 0 Å². The van der Waals surface area contributed by atoms with Crippen LogP contribution in [0.1, 0.15) is 31.9 Å². The fraction of sp³-hybridized carbons (Fsp3) is 0.727. The van der Waals surface area contributed by atoms with Gasteiger partial charge in [0.2, 0.25) is 0 Å². The molecule has 1 N–H and O–H groups in total. The zero-order chi connectivity index (χ0) is 11.3. The molecule has 0 aliphatic rings. The van der Waals surface area contributed by atoms with E-state index in [1.165, 1.54) is 5.56 Å². The zero-order valence-corrected chi connectivity index (χ0v) is 10.0. The number of ether oxygens (including phenoxy) is 1. The SMILES string of the molecule is CCC(NC)c1cnn(CC(C)OC)c1. The Labute approximate surface area is 91.6 Å². The first-order valence-corrected chi connectivity index (χ1v) is 5.43. The lowest BCUT2D eigenvalue weighted by atomic mass is 10.1. The molecule has 0 radical (unpaired) electrons. The fourth-order valence-electron chi connectivity index (χ4n) is 1.60. The van der Waals surface area contributed by atoms with Gasteiger partial charge in [-0.25, -0.2) is 0 Å². The standard InChI is InChI=1S/C11H21N3O/c1-5-11(12-3)10-6-13-14(8-10)7-9(2)15-4/h6,8-9,11-12H,5,7H2,1-4H3. The van der Waals surface area contributed by atoms with E-state index in [0.717, 1.165) is 13.0 Å². The predicted molar refractivity (Wildman–Crippen MR) is 60.8 cm³/mol. The number of hydrogen-bond donors (Lipinski definition) is 1. The van der Waals surface area contributed by atoms with Crippen molar-refractivity contribution in [3.05, 3.63) is 18.0 Å². The molecule has 0 aromatic carbocycles. The summed E-state index contributed by atoms with van der Waals surface area (Å²) in [5.74, 6) is 0. The lowest BCUT2D eigenvalue weighted by Gasteiger charge is -2.11. The molecule has 2 unspecified atom stereocenters. The van der Waals surface area contributed by atoms with Crippen LogP contribution in [-0.2, 0) is 11.3 Å². The second kappa shape index (κ2) is 5.88. The Kier molecular flexibility index (Phi) is 4.78. The van der Waals surface area contributed by atoms with Crippen molar-refractivity contribution in [1.82, 2.24) is 15.1 Å². The highest BCUT2D eigenvalue weighted by atomic mass is 16.5. The first kappa shape index (κ1) is 12.2.